The normalized spacial score (nSPS) is 16.0. The summed E-state index contributed by atoms with van der Waals surface area (Å²) in [7, 11) is 1.30. The van der Waals surface area contributed by atoms with Crippen LogP contribution in [-0.2, 0) is 9.53 Å². The number of ether oxygens (including phenoxy) is 1. The summed E-state index contributed by atoms with van der Waals surface area (Å²) in [5, 5.41) is 3.72. The first-order chi connectivity index (χ1) is 5.65. The first-order valence-corrected chi connectivity index (χ1v) is 3.93. The molecule has 1 aliphatic heterocycles. The van der Waals surface area contributed by atoms with E-state index in [1.165, 1.54) is 7.11 Å². The molecular weight excluding hydrogens is 224 g/mol. The summed E-state index contributed by atoms with van der Waals surface area (Å²) in [6.07, 6.45) is 1.55. The molecule has 0 aromatic heterocycles. The van der Waals surface area contributed by atoms with Crippen molar-refractivity contribution < 1.29 is 9.53 Å². The predicted molar refractivity (Wildman–Crippen MR) is 48.7 cm³/mol. The molecular formula is C7H7BrN2O2. The van der Waals surface area contributed by atoms with E-state index in [9.17, 15) is 4.79 Å². The summed E-state index contributed by atoms with van der Waals surface area (Å²) in [6, 6.07) is 0. The number of hydrogen-bond donors (Lipinski definition) is 1. The van der Waals surface area contributed by atoms with E-state index >= 15 is 0 Å². The van der Waals surface area contributed by atoms with Gasteiger partial charge in [-0.3, -0.25) is 5.43 Å². The second-order valence-corrected chi connectivity index (χ2v) is 2.93. The molecule has 64 valence electrons. The van der Waals surface area contributed by atoms with Gasteiger partial charge in [0.25, 0.3) is 0 Å². The molecule has 0 spiro atoms. The van der Waals surface area contributed by atoms with Crippen LogP contribution in [0.4, 0.5) is 0 Å². The molecule has 1 aliphatic rings. The highest BCUT2D eigenvalue weighted by atomic mass is 79.9. The highest BCUT2D eigenvalue weighted by Gasteiger charge is 2.14. The quantitative estimate of drug-likeness (QED) is 0.682. The molecule has 0 aromatic rings. The Hall–Kier alpha value is -1.10. The molecule has 0 aromatic carbocycles. The Morgan fingerprint density at radius 1 is 1.83 bits per heavy atom. The highest BCUT2D eigenvalue weighted by Crippen LogP contribution is 2.16. The summed E-state index contributed by atoms with van der Waals surface area (Å²) in [5.74, 6) is -0.480. The Labute approximate surface area is 78.1 Å². The lowest BCUT2D eigenvalue weighted by molar-refractivity contribution is -0.132. The van der Waals surface area contributed by atoms with Crippen LogP contribution in [-0.4, -0.2) is 18.8 Å². The minimum atomic E-state index is -0.480. The highest BCUT2D eigenvalue weighted by molar-refractivity contribution is 9.12. The van der Waals surface area contributed by atoms with Crippen molar-refractivity contribution in [3.8, 4) is 0 Å². The van der Waals surface area contributed by atoms with Crippen LogP contribution in [0.25, 0.3) is 0 Å². The smallest absolute Gasteiger partial charge is 0.358 e. The van der Waals surface area contributed by atoms with Crippen molar-refractivity contribution in [3.63, 3.8) is 0 Å². The molecule has 4 nitrogen and oxygen atoms in total. The zero-order valence-corrected chi connectivity index (χ0v) is 8.01. The molecule has 5 heteroatoms. The van der Waals surface area contributed by atoms with Crippen molar-refractivity contribution >= 4 is 27.6 Å². The van der Waals surface area contributed by atoms with Crippen LogP contribution >= 0.6 is 15.9 Å². The minimum absolute atomic E-state index is 0.219. The molecule has 0 aliphatic carbocycles. The van der Waals surface area contributed by atoms with Gasteiger partial charge >= 0.3 is 5.97 Å². The van der Waals surface area contributed by atoms with Crippen LogP contribution < -0.4 is 5.43 Å². The molecule has 0 bridgehead atoms. The number of allylic oxidation sites excluding steroid dienone is 1. The number of rotatable bonds is 1. The number of nitrogens with one attached hydrogen (secondary N) is 1. The van der Waals surface area contributed by atoms with Gasteiger partial charge in [-0.1, -0.05) is 6.58 Å². The fraction of sp³-hybridized carbons (Fsp3) is 0.143. The average molecular weight is 231 g/mol. The Balaban J connectivity index is 2.85. The van der Waals surface area contributed by atoms with E-state index < -0.39 is 5.97 Å². The summed E-state index contributed by atoms with van der Waals surface area (Å²) in [4.78, 5) is 10.9. The van der Waals surface area contributed by atoms with E-state index in [1.807, 2.05) is 0 Å². The standard InChI is InChI=1S/C7H7BrN2O2/c1-4-5(8)3-6(10-9-4)7(11)12-2/h3,9H,1H2,2H3. The van der Waals surface area contributed by atoms with Crippen LogP contribution in [0.2, 0.25) is 0 Å². The number of hydrogen-bond acceptors (Lipinski definition) is 4. The SMILES string of the molecule is C=C1NN=C(C(=O)OC)C=C1Br. The van der Waals surface area contributed by atoms with Gasteiger partial charge in [0, 0.05) is 4.48 Å². The summed E-state index contributed by atoms with van der Waals surface area (Å²) in [5.41, 5.74) is 3.41. The largest absolute Gasteiger partial charge is 0.464 e. The number of carbonyl (C=O) groups excluding carboxylic acids is 1. The fourth-order valence-electron chi connectivity index (χ4n) is 0.630. The van der Waals surface area contributed by atoms with E-state index in [2.05, 4.69) is 37.8 Å². The zero-order valence-electron chi connectivity index (χ0n) is 6.43. The lowest BCUT2D eigenvalue weighted by atomic mass is 10.3. The molecule has 0 radical (unpaired) electrons. The maximum absolute atomic E-state index is 10.9. The minimum Gasteiger partial charge on any atom is -0.464 e. The fourth-order valence-corrected chi connectivity index (χ4v) is 0.935. The Morgan fingerprint density at radius 3 is 3.00 bits per heavy atom. The van der Waals surface area contributed by atoms with Crippen molar-refractivity contribution in [2.75, 3.05) is 7.11 Å². The molecule has 0 amide bonds. The van der Waals surface area contributed by atoms with E-state index in [1.54, 1.807) is 6.08 Å². The topological polar surface area (TPSA) is 50.7 Å². The molecule has 0 fully saturated rings. The Morgan fingerprint density at radius 2 is 2.50 bits per heavy atom. The summed E-state index contributed by atoms with van der Waals surface area (Å²) < 4.78 is 5.16. The molecule has 0 atom stereocenters. The van der Waals surface area contributed by atoms with Gasteiger partial charge in [0.1, 0.15) is 0 Å². The molecule has 12 heavy (non-hydrogen) atoms. The van der Waals surface area contributed by atoms with Gasteiger partial charge in [-0.25, -0.2) is 4.79 Å². The Kier molecular flexibility index (Phi) is 2.65. The number of carbonyl (C=O) groups is 1. The molecule has 1 rings (SSSR count). The van der Waals surface area contributed by atoms with Crippen molar-refractivity contribution in [1.29, 1.82) is 0 Å². The van der Waals surface area contributed by atoms with Crippen LogP contribution in [0.15, 0.2) is 27.9 Å². The molecule has 1 heterocycles. The first kappa shape index (κ1) is 8.99. The lowest BCUT2D eigenvalue weighted by Crippen LogP contribution is -2.22. The van der Waals surface area contributed by atoms with Crippen molar-refractivity contribution in [2.45, 2.75) is 0 Å². The molecule has 1 N–H and O–H groups in total. The van der Waals surface area contributed by atoms with Gasteiger partial charge in [0.2, 0.25) is 0 Å². The molecule has 0 saturated heterocycles. The van der Waals surface area contributed by atoms with Crippen molar-refractivity contribution in [2.24, 2.45) is 5.10 Å². The van der Waals surface area contributed by atoms with Gasteiger partial charge in [0.15, 0.2) is 5.71 Å². The predicted octanol–water partition coefficient (Wildman–Crippen LogP) is 0.911. The number of nitrogens with zero attached hydrogens (tertiary/aromatic N) is 1. The van der Waals surface area contributed by atoms with Gasteiger partial charge in [-0.05, 0) is 22.0 Å². The average Bonchev–Trinajstić information content (AvgIpc) is 2.08. The molecule has 0 unspecified atom stereocenters. The maximum atomic E-state index is 10.9. The van der Waals surface area contributed by atoms with Crippen LogP contribution in [0.3, 0.4) is 0 Å². The van der Waals surface area contributed by atoms with Crippen molar-refractivity contribution in [3.05, 3.63) is 22.8 Å². The summed E-state index contributed by atoms with van der Waals surface area (Å²) in [6.45, 7) is 3.63. The lowest BCUT2D eigenvalue weighted by Gasteiger charge is -2.10. The number of hydrazone groups is 1. The zero-order chi connectivity index (χ0) is 9.14. The van der Waals surface area contributed by atoms with Gasteiger partial charge in [-0.15, -0.1) is 0 Å². The van der Waals surface area contributed by atoms with Gasteiger partial charge < -0.3 is 4.74 Å². The monoisotopic (exact) mass is 230 g/mol. The number of halogens is 1. The molecule has 0 saturated carbocycles. The third kappa shape index (κ3) is 1.73. The van der Waals surface area contributed by atoms with Crippen LogP contribution in [0.1, 0.15) is 0 Å². The van der Waals surface area contributed by atoms with Crippen LogP contribution in [0.5, 0.6) is 0 Å². The van der Waals surface area contributed by atoms with Gasteiger partial charge in [0.05, 0.1) is 12.8 Å². The number of methoxy groups -OCH3 is 1. The number of esters is 1. The van der Waals surface area contributed by atoms with E-state index in [0.29, 0.717) is 10.2 Å². The van der Waals surface area contributed by atoms with E-state index in [0.717, 1.165) is 0 Å². The third-order valence-electron chi connectivity index (χ3n) is 1.26. The summed E-state index contributed by atoms with van der Waals surface area (Å²) >= 11 is 3.20. The van der Waals surface area contributed by atoms with E-state index in [4.69, 9.17) is 0 Å². The third-order valence-corrected chi connectivity index (χ3v) is 1.97. The Bertz CT molecular complexity index is 294. The van der Waals surface area contributed by atoms with Crippen LogP contribution in [0, 0.1) is 0 Å². The van der Waals surface area contributed by atoms with E-state index in [-0.39, 0.29) is 5.71 Å². The first-order valence-electron chi connectivity index (χ1n) is 3.13. The maximum Gasteiger partial charge on any atom is 0.358 e. The second-order valence-electron chi connectivity index (χ2n) is 2.07. The van der Waals surface area contributed by atoms with Gasteiger partial charge in [-0.2, -0.15) is 5.10 Å². The van der Waals surface area contributed by atoms with Crippen molar-refractivity contribution in [1.82, 2.24) is 5.43 Å². The second kappa shape index (κ2) is 3.53.